The molecule has 43 heavy (non-hydrogen) atoms. The fourth-order valence-electron chi connectivity index (χ4n) is 3.91. The molecule has 0 aliphatic rings. The van der Waals surface area contributed by atoms with Crippen LogP contribution in [-0.4, -0.2) is 52.7 Å². The summed E-state index contributed by atoms with van der Waals surface area (Å²) in [5, 5.41) is 9.85. The maximum Gasteiger partial charge on any atom is 0.514 e. The van der Waals surface area contributed by atoms with Gasteiger partial charge in [0.25, 0.3) is 0 Å². The van der Waals surface area contributed by atoms with Crippen LogP contribution < -0.4 is 15.2 Å². The highest BCUT2D eigenvalue weighted by molar-refractivity contribution is 5.89. The zero-order valence-electron chi connectivity index (χ0n) is 26.0. The van der Waals surface area contributed by atoms with Gasteiger partial charge in [-0.05, 0) is 77.3 Å². The van der Waals surface area contributed by atoms with Gasteiger partial charge in [-0.1, -0.05) is 45.0 Å². The number of carboxylic acids is 1. The van der Waals surface area contributed by atoms with Crippen molar-refractivity contribution in [1.29, 1.82) is 0 Å². The van der Waals surface area contributed by atoms with Gasteiger partial charge in [0.15, 0.2) is 11.5 Å². The molecule has 0 saturated carbocycles. The van der Waals surface area contributed by atoms with Crippen molar-refractivity contribution in [2.45, 2.75) is 97.5 Å². The molecule has 11 heteroatoms. The third-order valence-electron chi connectivity index (χ3n) is 7.44. The fourth-order valence-corrected chi connectivity index (χ4v) is 3.91. The van der Waals surface area contributed by atoms with Crippen molar-refractivity contribution in [3.8, 4) is 11.5 Å². The van der Waals surface area contributed by atoms with Gasteiger partial charge in [0.2, 0.25) is 0 Å². The van der Waals surface area contributed by atoms with Crippen LogP contribution in [0, 0.1) is 5.92 Å². The summed E-state index contributed by atoms with van der Waals surface area (Å²) in [4.78, 5) is 50.1. The van der Waals surface area contributed by atoms with E-state index in [0.717, 1.165) is 0 Å². The molecule has 2 aromatic carbocycles. The lowest BCUT2D eigenvalue weighted by Gasteiger charge is -2.32. The van der Waals surface area contributed by atoms with Gasteiger partial charge >= 0.3 is 24.2 Å². The lowest BCUT2D eigenvalue weighted by molar-refractivity contribution is -0.139. The molecule has 0 bridgehead atoms. The lowest BCUT2D eigenvalue weighted by Crippen LogP contribution is -2.42. The Hall–Kier alpha value is -4.12. The van der Waals surface area contributed by atoms with E-state index in [9.17, 15) is 24.3 Å². The Balaban J connectivity index is 2.49. The third-order valence-corrected chi connectivity index (χ3v) is 7.44. The molecule has 4 atom stereocenters. The molecular weight excluding hydrogens is 558 g/mol. The Labute approximate surface area is 252 Å². The molecule has 3 N–H and O–H groups in total. The van der Waals surface area contributed by atoms with Gasteiger partial charge in [0.1, 0.15) is 23.3 Å². The van der Waals surface area contributed by atoms with Crippen molar-refractivity contribution < 1.29 is 48.0 Å². The predicted octanol–water partition coefficient (Wildman–Crippen LogP) is 6.47. The van der Waals surface area contributed by atoms with Crippen LogP contribution in [0.25, 0.3) is 0 Å². The van der Waals surface area contributed by atoms with Crippen molar-refractivity contribution in [3.63, 3.8) is 0 Å². The average Bonchev–Trinajstić information content (AvgIpc) is 2.94. The average molecular weight is 602 g/mol. The summed E-state index contributed by atoms with van der Waals surface area (Å²) in [6, 6.07) is 11.1. The van der Waals surface area contributed by atoms with Crippen molar-refractivity contribution in [3.05, 3.63) is 59.7 Å². The van der Waals surface area contributed by atoms with Crippen LogP contribution in [0.3, 0.4) is 0 Å². The van der Waals surface area contributed by atoms with E-state index in [1.807, 2.05) is 13.8 Å². The molecule has 11 nitrogen and oxygen atoms in total. The first kappa shape index (κ1) is 35.1. The number of benzene rings is 2. The second-order valence-corrected chi connectivity index (χ2v) is 11.6. The number of carbonyl (C=O) groups is 4. The van der Waals surface area contributed by atoms with Crippen LogP contribution >= 0.6 is 0 Å². The van der Waals surface area contributed by atoms with Crippen LogP contribution in [0.4, 0.5) is 9.59 Å². The summed E-state index contributed by atoms with van der Waals surface area (Å²) < 4.78 is 27.3. The van der Waals surface area contributed by atoms with Gasteiger partial charge in [-0.15, -0.1) is 0 Å². The SMILES string of the molecule is CCC(C)(C)OC(=O)Oc1ccc(C(C(C)C(C)OC(=O)c2ccccc2)[C@H](N)C(=O)O)cc1OC(=O)OC(C)(C)CC. The van der Waals surface area contributed by atoms with Crippen molar-refractivity contribution in [1.82, 2.24) is 0 Å². The maximum atomic E-state index is 12.7. The van der Waals surface area contributed by atoms with E-state index in [-0.39, 0.29) is 11.5 Å². The molecule has 0 spiro atoms. The quantitative estimate of drug-likeness (QED) is 0.147. The van der Waals surface area contributed by atoms with Crippen LogP contribution in [0.5, 0.6) is 11.5 Å². The molecule has 0 aromatic heterocycles. The number of hydrogen-bond acceptors (Lipinski definition) is 10. The Morgan fingerprint density at radius 3 is 1.81 bits per heavy atom. The number of rotatable bonds is 13. The standard InChI is InChI=1S/C32H43NO10/c1-9-31(5,6)42-29(37)40-23-17-16-22(18-24(23)41-30(38)43-32(7,8)10-2)25(26(33)27(34)35)19(3)20(4)39-28(36)21-14-12-11-13-15-21/h11-20,25-26H,9-10,33H2,1-8H3,(H,34,35)/t19?,20?,25?,26-/m0/s1. The molecule has 0 fully saturated rings. The lowest BCUT2D eigenvalue weighted by atomic mass is 9.79. The summed E-state index contributed by atoms with van der Waals surface area (Å²) >= 11 is 0. The molecule has 0 heterocycles. The van der Waals surface area contributed by atoms with E-state index in [0.29, 0.717) is 24.0 Å². The van der Waals surface area contributed by atoms with Crippen LogP contribution in [0.1, 0.15) is 90.1 Å². The normalized spacial score (nSPS) is 14.4. The van der Waals surface area contributed by atoms with Gasteiger partial charge in [0.05, 0.1) is 5.56 Å². The zero-order valence-corrected chi connectivity index (χ0v) is 26.0. The maximum absolute atomic E-state index is 12.7. The predicted molar refractivity (Wildman–Crippen MR) is 158 cm³/mol. The number of carbonyl (C=O) groups excluding carboxylic acids is 3. The second-order valence-electron chi connectivity index (χ2n) is 11.6. The van der Waals surface area contributed by atoms with Gasteiger partial charge in [-0.3, -0.25) is 4.79 Å². The Bertz CT molecular complexity index is 1270. The van der Waals surface area contributed by atoms with E-state index in [4.69, 9.17) is 29.4 Å². The molecule has 0 amide bonds. The summed E-state index contributed by atoms with van der Waals surface area (Å²) in [7, 11) is 0. The number of carboxylic acid groups (broad SMARTS) is 1. The summed E-state index contributed by atoms with van der Waals surface area (Å²) in [6.45, 7) is 13.8. The number of aliphatic carboxylic acids is 1. The van der Waals surface area contributed by atoms with E-state index >= 15 is 0 Å². The largest absolute Gasteiger partial charge is 0.514 e. The van der Waals surface area contributed by atoms with Crippen LogP contribution in [0.2, 0.25) is 0 Å². The molecule has 2 rings (SSSR count). The minimum atomic E-state index is -1.44. The number of hydrogen-bond donors (Lipinski definition) is 2. The number of ether oxygens (including phenoxy) is 5. The summed E-state index contributed by atoms with van der Waals surface area (Å²) in [5.74, 6) is -3.81. The van der Waals surface area contributed by atoms with Gasteiger partial charge in [-0.25, -0.2) is 14.4 Å². The van der Waals surface area contributed by atoms with Gasteiger partial charge in [0, 0.05) is 11.8 Å². The number of nitrogens with two attached hydrogens (primary N) is 1. The molecule has 0 saturated heterocycles. The molecular formula is C32H43NO10. The van der Waals surface area contributed by atoms with Crippen LogP contribution in [-0.2, 0) is 19.0 Å². The smallest absolute Gasteiger partial charge is 0.480 e. The van der Waals surface area contributed by atoms with Crippen LogP contribution in [0.15, 0.2) is 48.5 Å². The van der Waals surface area contributed by atoms with Gasteiger partial charge < -0.3 is 34.5 Å². The minimum absolute atomic E-state index is 0.161. The molecule has 0 aliphatic carbocycles. The summed E-state index contributed by atoms with van der Waals surface area (Å²) in [6.07, 6.45) is -1.85. The Morgan fingerprint density at radius 1 is 0.814 bits per heavy atom. The van der Waals surface area contributed by atoms with Crippen molar-refractivity contribution >= 4 is 24.2 Å². The first-order valence-corrected chi connectivity index (χ1v) is 14.2. The monoisotopic (exact) mass is 601 g/mol. The second kappa shape index (κ2) is 14.9. The van der Waals surface area contributed by atoms with Gasteiger partial charge in [-0.2, -0.15) is 0 Å². The first-order valence-electron chi connectivity index (χ1n) is 14.2. The highest BCUT2D eigenvalue weighted by atomic mass is 16.8. The van der Waals surface area contributed by atoms with Crippen molar-refractivity contribution in [2.24, 2.45) is 11.7 Å². The molecule has 3 unspecified atom stereocenters. The molecule has 0 radical (unpaired) electrons. The highest BCUT2D eigenvalue weighted by Crippen LogP contribution is 2.38. The van der Waals surface area contributed by atoms with E-state index in [1.54, 1.807) is 71.9 Å². The topological polar surface area (TPSA) is 161 Å². The Kier molecular flexibility index (Phi) is 12.1. The van der Waals surface area contributed by atoms with Crippen molar-refractivity contribution in [2.75, 3.05) is 0 Å². The molecule has 2 aromatic rings. The zero-order chi connectivity index (χ0) is 32.5. The number of esters is 1. The highest BCUT2D eigenvalue weighted by Gasteiger charge is 2.36. The molecule has 236 valence electrons. The molecule has 0 aliphatic heterocycles. The fraction of sp³-hybridized carbons (Fsp3) is 0.500. The summed E-state index contributed by atoms with van der Waals surface area (Å²) in [5.41, 5.74) is 5.16. The minimum Gasteiger partial charge on any atom is -0.480 e. The third kappa shape index (κ3) is 10.3. The van der Waals surface area contributed by atoms with E-state index in [1.165, 1.54) is 18.2 Å². The first-order chi connectivity index (χ1) is 20.0. The Morgan fingerprint density at radius 2 is 1.33 bits per heavy atom. The van der Waals surface area contributed by atoms with E-state index < -0.39 is 59.4 Å². The van der Waals surface area contributed by atoms with E-state index in [2.05, 4.69) is 0 Å².